The highest BCUT2D eigenvalue weighted by Crippen LogP contribution is 2.28. The van der Waals surface area contributed by atoms with E-state index in [1.165, 1.54) is 0 Å². The standard InChI is InChI=1S/C27H37N3O5/c1-5-24(31)35-21(18-34-23-12-7-6-11-22(23)33-4)17-29-13-15-30(16-14-29)26(27(28)32)25-19(2)9-8-10-20(25)3/h6-12,21,26H,5,13-18H2,1-4H3,(H2,28,32). The first kappa shape index (κ1) is 26.5. The number of primary amides is 1. The molecule has 0 saturated carbocycles. The van der Waals surface area contributed by atoms with Crippen LogP contribution in [0.4, 0.5) is 0 Å². The molecular formula is C27H37N3O5. The number of rotatable bonds is 11. The molecule has 3 rings (SSSR count). The van der Waals surface area contributed by atoms with Crippen LogP contribution in [0.1, 0.15) is 36.1 Å². The maximum absolute atomic E-state index is 12.5. The lowest BCUT2D eigenvalue weighted by Gasteiger charge is -2.39. The molecule has 8 nitrogen and oxygen atoms in total. The largest absolute Gasteiger partial charge is 0.493 e. The Bertz CT molecular complexity index is 984. The van der Waals surface area contributed by atoms with Gasteiger partial charge in [0.05, 0.1) is 7.11 Å². The molecule has 2 aromatic carbocycles. The number of aryl methyl sites for hydroxylation is 2. The van der Waals surface area contributed by atoms with Gasteiger partial charge in [-0.05, 0) is 42.7 Å². The van der Waals surface area contributed by atoms with Crippen LogP contribution in [0.15, 0.2) is 42.5 Å². The summed E-state index contributed by atoms with van der Waals surface area (Å²) in [6.07, 6.45) is -0.126. The summed E-state index contributed by atoms with van der Waals surface area (Å²) in [6.45, 7) is 9.39. The molecule has 1 fully saturated rings. The number of amides is 1. The molecule has 1 heterocycles. The van der Waals surface area contributed by atoms with Crippen LogP contribution in [-0.4, -0.2) is 74.2 Å². The van der Waals surface area contributed by atoms with Gasteiger partial charge in [0.1, 0.15) is 18.8 Å². The molecule has 2 N–H and O–H groups in total. The van der Waals surface area contributed by atoms with E-state index in [9.17, 15) is 9.59 Å². The highest BCUT2D eigenvalue weighted by Gasteiger charge is 2.32. The molecule has 1 saturated heterocycles. The second-order valence-corrected chi connectivity index (χ2v) is 8.87. The van der Waals surface area contributed by atoms with Crippen molar-refractivity contribution in [2.45, 2.75) is 39.3 Å². The van der Waals surface area contributed by atoms with Gasteiger partial charge in [-0.15, -0.1) is 0 Å². The molecule has 8 heteroatoms. The molecule has 0 bridgehead atoms. The summed E-state index contributed by atoms with van der Waals surface area (Å²) in [5.74, 6) is 0.637. The predicted molar refractivity (Wildman–Crippen MR) is 135 cm³/mol. The molecule has 0 aliphatic carbocycles. The second kappa shape index (κ2) is 12.6. The lowest BCUT2D eigenvalue weighted by molar-refractivity contribution is -0.151. The van der Waals surface area contributed by atoms with Crippen molar-refractivity contribution in [2.24, 2.45) is 5.73 Å². The number of para-hydroxylation sites is 2. The van der Waals surface area contributed by atoms with Crippen molar-refractivity contribution in [3.63, 3.8) is 0 Å². The lowest BCUT2D eigenvalue weighted by atomic mass is 9.94. The van der Waals surface area contributed by atoms with Gasteiger partial charge in [-0.25, -0.2) is 0 Å². The van der Waals surface area contributed by atoms with E-state index in [-0.39, 0.29) is 18.5 Å². The summed E-state index contributed by atoms with van der Waals surface area (Å²) >= 11 is 0. The minimum atomic E-state index is -0.457. The smallest absolute Gasteiger partial charge is 0.305 e. The van der Waals surface area contributed by atoms with Gasteiger partial charge in [0.15, 0.2) is 11.5 Å². The van der Waals surface area contributed by atoms with Crippen molar-refractivity contribution in [2.75, 3.05) is 46.4 Å². The number of hydrogen-bond acceptors (Lipinski definition) is 7. The van der Waals surface area contributed by atoms with Gasteiger partial charge in [-0.1, -0.05) is 37.3 Å². The van der Waals surface area contributed by atoms with E-state index in [4.69, 9.17) is 19.9 Å². The van der Waals surface area contributed by atoms with Crippen molar-refractivity contribution < 1.29 is 23.8 Å². The SMILES string of the molecule is CCC(=O)OC(COc1ccccc1OC)CN1CCN(C(C(N)=O)c2c(C)cccc2C)CC1. The van der Waals surface area contributed by atoms with Crippen molar-refractivity contribution >= 4 is 11.9 Å². The second-order valence-electron chi connectivity index (χ2n) is 8.87. The normalized spacial score (nSPS) is 16.3. The monoisotopic (exact) mass is 483 g/mol. The summed E-state index contributed by atoms with van der Waals surface area (Å²) in [5, 5.41) is 0. The summed E-state index contributed by atoms with van der Waals surface area (Å²) in [6, 6.07) is 13.0. The first-order chi connectivity index (χ1) is 16.8. The molecule has 190 valence electrons. The Kier molecular flexibility index (Phi) is 9.51. The molecule has 1 aliphatic heterocycles. The zero-order chi connectivity index (χ0) is 25.4. The van der Waals surface area contributed by atoms with E-state index in [0.717, 1.165) is 29.8 Å². The average Bonchev–Trinajstić information content (AvgIpc) is 2.85. The molecular weight excluding hydrogens is 446 g/mol. The van der Waals surface area contributed by atoms with Crippen LogP contribution < -0.4 is 15.2 Å². The maximum Gasteiger partial charge on any atom is 0.305 e. The van der Waals surface area contributed by atoms with Crippen LogP contribution in [0.5, 0.6) is 11.5 Å². The molecule has 0 spiro atoms. The highest BCUT2D eigenvalue weighted by molar-refractivity contribution is 5.82. The number of piperazine rings is 1. The van der Waals surface area contributed by atoms with E-state index in [1.54, 1.807) is 14.0 Å². The molecule has 2 atom stereocenters. The van der Waals surface area contributed by atoms with Crippen molar-refractivity contribution in [1.82, 2.24) is 9.80 Å². The third kappa shape index (κ3) is 6.96. The van der Waals surface area contributed by atoms with Crippen LogP contribution in [0, 0.1) is 13.8 Å². The number of esters is 1. The first-order valence-electron chi connectivity index (χ1n) is 12.1. The third-order valence-corrected chi connectivity index (χ3v) is 6.40. The van der Waals surface area contributed by atoms with Gasteiger partial charge in [-0.3, -0.25) is 19.4 Å². The molecule has 1 amide bonds. The Labute approximate surface area is 207 Å². The summed E-state index contributed by atoms with van der Waals surface area (Å²) < 4.78 is 17.0. The van der Waals surface area contributed by atoms with Gasteiger partial charge in [-0.2, -0.15) is 0 Å². The van der Waals surface area contributed by atoms with E-state index in [1.807, 2.05) is 56.3 Å². The van der Waals surface area contributed by atoms with Crippen LogP contribution in [0.3, 0.4) is 0 Å². The fourth-order valence-electron chi connectivity index (χ4n) is 4.57. The van der Waals surface area contributed by atoms with E-state index in [2.05, 4.69) is 9.80 Å². The van der Waals surface area contributed by atoms with Crippen molar-refractivity contribution in [3.8, 4) is 11.5 Å². The van der Waals surface area contributed by atoms with Crippen LogP contribution in [0.25, 0.3) is 0 Å². The van der Waals surface area contributed by atoms with Gasteiger partial charge < -0.3 is 19.9 Å². The zero-order valence-corrected chi connectivity index (χ0v) is 21.2. The van der Waals surface area contributed by atoms with E-state index < -0.39 is 12.1 Å². The van der Waals surface area contributed by atoms with Crippen molar-refractivity contribution in [3.05, 3.63) is 59.2 Å². The number of ether oxygens (including phenoxy) is 3. The zero-order valence-electron chi connectivity index (χ0n) is 21.2. The topological polar surface area (TPSA) is 94.3 Å². The predicted octanol–water partition coefficient (Wildman–Crippen LogP) is 2.86. The average molecular weight is 484 g/mol. The lowest BCUT2D eigenvalue weighted by Crippen LogP contribution is -2.52. The fraction of sp³-hybridized carbons (Fsp3) is 0.481. The summed E-state index contributed by atoms with van der Waals surface area (Å²) in [4.78, 5) is 28.9. The summed E-state index contributed by atoms with van der Waals surface area (Å²) in [7, 11) is 1.59. The summed E-state index contributed by atoms with van der Waals surface area (Å²) in [5.41, 5.74) is 8.99. The molecule has 0 radical (unpaired) electrons. The van der Waals surface area contributed by atoms with E-state index in [0.29, 0.717) is 37.6 Å². The Morgan fingerprint density at radius 1 is 0.971 bits per heavy atom. The van der Waals surface area contributed by atoms with Crippen LogP contribution >= 0.6 is 0 Å². The molecule has 2 unspecified atom stereocenters. The highest BCUT2D eigenvalue weighted by atomic mass is 16.6. The van der Waals surface area contributed by atoms with Gasteiger partial charge in [0, 0.05) is 39.1 Å². The Morgan fingerprint density at radius 3 is 2.17 bits per heavy atom. The number of nitrogens with two attached hydrogens (primary N) is 1. The number of hydrogen-bond donors (Lipinski definition) is 1. The quantitative estimate of drug-likeness (QED) is 0.491. The maximum atomic E-state index is 12.5. The van der Waals surface area contributed by atoms with Crippen LogP contribution in [0.2, 0.25) is 0 Å². The number of nitrogens with zero attached hydrogens (tertiary/aromatic N) is 2. The first-order valence-corrected chi connectivity index (χ1v) is 12.1. The molecule has 2 aromatic rings. The number of carbonyl (C=O) groups is 2. The molecule has 35 heavy (non-hydrogen) atoms. The number of methoxy groups -OCH3 is 1. The fourth-order valence-corrected chi connectivity index (χ4v) is 4.57. The Hall–Kier alpha value is -3.10. The minimum absolute atomic E-state index is 0.221. The molecule has 0 aromatic heterocycles. The third-order valence-electron chi connectivity index (χ3n) is 6.40. The Balaban J connectivity index is 1.64. The van der Waals surface area contributed by atoms with Gasteiger partial charge in [0.25, 0.3) is 0 Å². The number of benzene rings is 2. The number of carbonyl (C=O) groups excluding carboxylic acids is 2. The Morgan fingerprint density at radius 2 is 1.60 bits per heavy atom. The minimum Gasteiger partial charge on any atom is -0.493 e. The van der Waals surface area contributed by atoms with Crippen LogP contribution in [-0.2, 0) is 14.3 Å². The van der Waals surface area contributed by atoms with E-state index >= 15 is 0 Å². The van der Waals surface area contributed by atoms with Crippen molar-refractivity contribution in [1.29, 1.82) is 0 Å². The van der Waals surface area contributed by atoms with Gasteiger partial charge in [0.2, 0.25) is 5.91 Å². The molecule has 1 aliphatic rings. The van der Waals surface area contributed by atoms with Gasteiger partial charge >= 0.3 is 5.97 Å².